The van der Waals surface area contributed by atoms with Crippen LogP contribution in [-0.4, -0.2) is 68.6 Å². The van der Waals surface area contributed by atoms with Crippen LogP contribution in [0.2, 0.25) is 5.02 Å². The van der Waals surface area contributed by atoms with Gasteiger partial charge in [0.2, 0.25) is 5.91 Å². The van der Waals surface area contributed by atoms with Gasteiger partial charge in [0.15, 0.2) is 0 Å². The number of aryl methyl sites for hydroxylation is 1. The molecule has 1 fully saturated rings. The van der Waals surface area contributed by atoms with Crippen LogP contribution < -0.4 is 10.6 Å². The summed E-state index contributed by atoms with van der Waals surface area (Å²) in [6, 6.07) is 14.4. The highest BCUT2D eigenvalue weighted by Gasteiger charge is 2.36. The van der Waals surface area contributed by atoms with Gasteiger partial charge in [0.1, 0.15) is 11.9 Å². The summed E-state index contributed by atoms with van der Waals surface area (Å²) < 4.78 is 1.62. The Bertz CT molecular complexity index is 1270. The van der Waals surface area contributed by atoms with Gasteiger partial charge in [-0.2, -0.15) is 0 Å². The van der Waals surface area contributed by atoms with Crippen molar-refractivity contribution in [3.63, 3.8) is 0 Å². The van der Waals surface area contributed by atoms with Crippen molar-refractivity contribution >= 4 is 35.3 Å². The molecule has 36 heavy (non-hydrogen) atoms. The lowest BCUT2D eigenvalue weighted by Crippen LogP contribution is -2.57. The van der Waals surface area contributed by atoms with Gasteiger partial charge in [-0.1, -0.05) is 41.9 Å². The lowest BCUT2D eigenvalue weighted by molar-refractivity contribution is -0.137. The average molecular weight is 508 g/mol. The van der Waals surface area contributed by atoms with Crippen LogP contribution >= 0.6 is 11.6 Å². The molecule has 1 saturated heterocycles. The number of benzene rings is 2. The van der Waals surface area contributed by atoms with E-state index in [-0.39, 0.29) is 11.9 Å². The van der Waals surface area contributed by atoms with Crippen molar-refractivity contribution in [3.8, 4) is 0 Å². The molecule has 4 amide bonds. The third-order valence-electron chi connectivity index (χ3n) is 6.40. The molecule has 0 spiro atoms. The third-order valence-corrected chi connectivity index (χ3v) is 6.65. The van der Waals surface area contributed by atoms with E-state index in [1.807, 2.05) is 35.3 Å². The first-order valence-electron chi connectivity index (χ1n) is 11.7. The van der Waals surface area contributed by atoms with E-state index in [9.17, 15) is 14.4 Å². The Morgan fingerprint density at radius 1 is 1.00 bits per heavy atom. The Morgan fingerprint density at radius 2 is 1.69 bits per heavy atom. The summed E-state index contributed by atoms with van der Waals surface area (Å²) in [6.45, 7) is 4.14. The number of halogens is 1. The predicted octanol–water partition coefficient (Wildman–Crippen LogP) is 3.25. The first-order valence-corrected chi connectivity index (χ1v) is 12.1. The number of carbonyl (C=O) groups excluding carboxylic acids is 3. The van der Waals surface area contributed by atoms with Crippen LogP contribution in [0, 0.1) is 6.92 Å². The van der Waals surface area contributed by atoms with Crippen LogP contribution in [-0.2, 0) is 11.3 Å². The molecule has 186 valence electrons. The molecular formula is C25H26ClN7O3. The van der Waals surface area contributed by atoms with Gasteiger partial charge in [0, 0.05) is 36.9 Å². The molecule has 2 N–H and O–H groups in total. The van der Waals surface area contributed by atoms with Crippen molar-refractivity contribution in [2.24, 2.45) is 0 Å². The quantitative estimate of drug-likeness (QED) is 0.552. The second-order valence-electron chi connectivity index (χ2n) is 8.70. The minimum Gasteiger partial charge on any atom is -0.338 e. The zero-order chi connectivity index (χ0) is 25.2. The molecule has 1 aromatic heterocycles. The van der Waals surface area contributed by atoms with Crippen molar-refractivity contribution < 1.29 is 14.4 Å². The second kappa shape index (κ2) is 10.00. The monoisotopic (exact) mass is 507 g/mol. The van der Waals surface area contributed by atoms with E-state index in [4.69, 9.17) is 11.6 Å². The zero-order valence-electron chi connectivity index (χ0n) is 19.7. The smallest absolute Gasteiger partial charge is 0.338 e. The van der Waals surface area contributed by atoms with Gasteiger partial charge in [-0.05, 0) is 36.8 Å². The van der Waals surface area contributed by atoms with Gasteiger partial charge in [-0.15, -0.1) is 0 Å². The third kappa shape index (κ3) is 4.77. The maximum atomic E-state index is 13.6. The van der Waals surface area contributed by atoms with Crippen LogP contribution in [0.5, 0.6) is 0 Å². The molecule has 3 heterocycles. The fraction of sp³-hybridized carbons (Fsp3) is 0.280. The molecule has 0 saturated carbocycles. The Morgan fingerprint density at radius 3 is 2.36 bits per heavy atom. The van der Waals surface area contributed by atoms with E-state index in [0.717, 1.165) is 5.69 Å². The molecule has 0 bridgehead atoms. The van der Waals surface area contributed by atoms with Crippen LogP contribution in [0.25, 0.3) is 0 Å². The molecule has 2 aliphatic heterocycles. The fourth-order valence-corrected chi connectivity index (χ4v) is 4.65. The number of hydrogen-bond acceptors (Lipinski definition) is 5. The zero-order valence-corrected chi connectivity index (χ0v) is 20.5. The minimum absolute atomic E-state index is 0.123. The average Bonchev–Trinajstić information content (AvgIpc) is 3.43. The van der Waals surface area contributed by atoms with E-state index in [1.54, 1.807) is 51.9 Å². The Balaban J connectivity index is 1.24. The van der Waals surface area contributed by atoms with Gasteiger partial charge in [-0.25, -0.2) is 24.1 Å². The SMILES string of the molecule is Cc1ncc2n1C(=O)N(N1CCN(C(=O)[C@@H](NC(=O)Nc3ccc(Cl)cc3)c3ccccc3)CC1)C2. The van der Waals surface area contributed by atoms with Crippen molar-refractivity contribution in [2.45, 2.75) is 19.5 Å². The van der Waals surface area contributed by atoms with Crippen LogP contribution in [0.15, 0.2) is 60.8 Å². The maximum absolute atomic E-state index is 13.6. The van der Waals surface area contributed by atoms with Crippen LogP contribution in [0.3, 0.4) is 0 Å². The van der Waals surface area contributed by atoms with E-state index in [0.29, 0.717) is 54.8 Å². The number of fused-ring (bicyclic) bond motifs is 1. The topological polar surface area (TPSA) is 103 Å². The summed E-state index contributed by atoms with van der Waals surface area (Å²) in [7, 11) is 0. The molecule has 5 rings (SSSR count). The lowest BCUT2D eigenvalue weighted by atomic mass is 10.1. The maximum Gasteiger partial charge on any atom is 0.344 e. The molecule has 10 nitrogen and oxygen atoms in total. The van der Waals surface area contributed by atoms with E-state index in [2.05, 4.69) is 15.6 Å². The molecule has 0 radical (unpaired) electrons. The number of nitrogens with one attached hydrogen (secondary N) is 2. The summed E-state index contributed by atoms with van der Waals surface area (Å²) in [6.07, 6.45) is 1.72. The molecule has 11 heteroatoms. The Hall–Kier alpha value is -3.89. The molecule has 3 aromatic rings. The van der Waals surface area contributed by atoms with Crippen molar-refractivity contribution in [3.05, 3.63) is 82.9 Å². The highest BCUT2D eigenvalue weighted by molar-refractivity contribution is 6.30. The number of urea groups is 1. The summed E-state index contributed by atoms with van der Waals surface area (Å²) in [5, 5.41) is 9.81. The summed E-state index contributed by atoms with van der Waals surface area (Å²) in [5.41, 5.74) is 2.11. The van der Waals surface area contributed by atoms with Crippen LogP contribution in [0.1, 0.15) is 23.1 Å². The Labute approximate surface area is 213 Å². The predicted molar refractivity (Wildman–Crippen MR) is 134 cm³/mol. The Kier molecular flexibility index (Phi) is 6.62. The van der Waals surface area contributed by atoms with Crippen molar-refractivity contribution in [1.82, 2.24) is 29.8 Å². The van der Waals surface area contributed by atoms with E-state index in [1.165, 1.54) is 0 Å². The number of hydrazine groups is 1. The molecule has 2 aromatic carbocycles. The number of piperazine rings is 1. The second-order valence-corrected chi connectivity index (χ2v) is 9.14. The number of imidazole rings is 1. The van der Waals surface area contributed by atoms with Gasteiger partial charge in [0.05, 0.1) is 18.4 Å². The summed E-state index contributed by atoms with van der Waals surface area (Å²) >= 11 is 5.92. The largest absolute Gasteiger partial charge is 0.344 e. The standard InChI is InChI=1S/C25H26ClN7O3/c1-17-27-15-21-16-32(25(36)33(17)21)31-13-11-30(12-14-31)23(34)22(18-5-3-2-4-6-18)29-24(35)28-20-9-7-19(26)8-10-20/h2-10,15,22H,11-14,16H2,1H3,(H2,28,29,35)/t22-/m0/s1. The highest BCUT2D eigenvalue weighted by Crippen LogP contribution is 2.23. The van der Waals surface area contributed by atoms with E-state index >= 15 is 0 Å². The number of rotatable bonds is 5. The highest BCUT2D eigenvalue weighted by atomic mass is 35.5. The summed E-state index contributed by atoms with van der Waals surface area (Å²) in [4.78, 5) is 45.1. The molecule has 0 aliphatic carbocycles. The van der Waals surface area contributed by atoms with Crippen molar-refractivity contribution in [1.29, 1.82) is 0 Å². The molecule has 2 aliphatic rings. The number of amides is 4. The normalized spacial score (nSPS) is 16.6. The first kappa shape index (κ1) is 23.8. The number of aromatic nitrogens is 2. The van der Waals surface area contributed by atoms with Gasteiger partial charge >= 0.3 is 12.1 Å². The molecule has 0 unspecified atom stereocenters. The van der Waals surface area contributed by atoms with Gasteiger partial charge in [-0.3, -0.25) is 9.80 Å². The van der Waals surface area contributed by atoms with Gasteiger partial charge in [0.25, 0.3) is 0 Å². The minimum atomic E-state index is -0.854. The first-order chi connectivity index (χ1) is 17.4. The van der Waals surface area contributed by atoms with E-state index < -0.39 is 12.1 Å². The molecular weight excluding hydrogens is 482 g/mol. The summed E-state index contributed by atoms with van der Waals surface area (Å²) in [5.74, 6) is 0.464. The fourth-order valence-electron chi connectivity index (χ4n) is 4.53. The number of hydrogen-bond donors (Lipinski definition) is 2. The number of carbonyl (C=O) groups is 3. The van der Waals surface area contributed by atoms with Crippen molar-refractivity contribution in [2.75, 3.05) is 31.5 Å². The molecule has 1 atom stereocenters. The van der Waals surface area contributed by atoms with Gasteiger partial charge < -0.3 is 15.5 Å². The lowest BCUT2D eigenvalue weighted by Gasteiger charge is -2.40. The van der Waals surface area contributed by atoms with Crippen LogP contribution in [0.4, 0.5) is 15.3 Å². The number of anilines is 1. The number of nitrogens with zero attached hydrogens (tertiary/aromatic N) is 5.